The van der Waals surface area contributed by atoms with Gasteiger partial charge in [-0.3, -0.25) is 9.78 Å². The molecule has 1 aliphatic rings. The van der Waals surface area contributed by atoms with Crippen molar-refractivity contribution in [3.63, 3.8) is 0 Å². The molecular weight excluding hydrogens is 502 g/mol. The average Bonchev–Trinajstić information content (AvgIpc) is 3.18. The standard InChI is InChI=1S/C20H23N5O3S.C4H4O4/c1-4-25(10-9-24(2)3)29(27,28)15-6-8-18(22-13-15)19-16-11-14(12-21)5-7-17(16)23-20(19)26;5-3(6)1-2-4(7)8/h5-8,11,13,19H,4,9-10H2,1-3H3,(H,23,26);1-2H,(H,5,6)(H,7,8)/b;2-1+. The Bertz CT molecular complexity index is 1320. The third kappa shape index (κ3) is 7.68. The van der Waals surface area contributed by atoms with Crippen LogP contribution in [0.1, 0.15) is 29.7 Å². The Hall–Kier alpha value is -4.12. The number of carbonyl (C=O) groups is 3. The molecule has 1 aromatic heterocycles. The molecule has 1 aromatic carbocycles. The number of benzene rings is 1. The molecule has 3 N–H and O–H groups in total. The number of fused-ring (bicyclic) bond motifs is 1. The molecule has 0 spiro atoms. The van der Waals surface area contributed by atoms with Crippen LogP contribution in [0.2, 0.25) is 0 Å². The highest BCUT2D eigenvalue weighted by molar-refractivity contribution is 7.89. The highest BCUT2D eigenvalue weighted by Gasteiger charge is 2.33. The second-order valence-corrected chi connectivity index (χ2v) is 10.0. The maximum atomic E-state index is 12.9. The summed E-state index contributed by atoms with van der Waals surface area (Å²) < 4.78 is 27.2. The van der Waals surface area contributed by atoms with Gasteiger partial charge in [-0.05, 0) is 50.0 Å². The van der Waals surface area contributed by atoms with Crippen LogP contribution in [0.15, 0.2) is 53.6 Å². The number of carbonyl (C=O) groups excluding carboxylic acids is 1. The first kappa shape index (κ1) is 29.1. The zero-order valence-electron chi connectivity index (χ0n) is 20.5. The number of aromatic nitrogens is 1. The fraction of sp³-hybridized carbons (Fsp3) is 0.292. The van der Waals surface area contributed by atoms with E-state index in [4.69, 9.17) is 15.5 Å². The van der Waals surface area contributed by atoms with E-state index >= 15 is 0 Å². The molecule has 13 heteroatoms. The lowest BCUT2D eigenvalue weighted by Crippen LogP contribution is -2.36. The molecule has 2 aromatic rings. The summed E-state index contributed by atoms with van der Waals surface area (Å²) in [7, 11) is 0.105. The number of nitrogens with zero attached hydrogens (tertiary/aromatic N) is 4. The van der Waals surface area contributed by atoms with Crippen molar-refractivity contribution in [2.75, 3.05) is 39.0 Å². The smallest absolute Gasteiger partial charge is 0.328 e. The van der Waals surface area contributed by atoms with E-state index in [0.29, 0.717) is 54.3 Å². The summed E-state index contributed by atoms with van der Waals surface area (Å²) in [6, 6.07) is 10.1. The Labute approximate surface area is 214 Å². The number of rotatable bonds is 9. The van der Waals surface area contributed by atoms with Gasteiger partial charge in [-0.15, -0.1) is 0 Å². The molecule has 37 heavy (non-hydrogen) atoms. The van der Waals surface area contributed by atoms with E-state index in [-0.39, 0.29) is 10.8 Å². The average molecular weight is 530 g/mol. The van der Waals surface area contributed by atoms with E-state index in [1.807, 2.05) is 19.0 Å². The third-order valence-corrected chi connectivity index (χ3v) is 7.18. The second kappa shape index (κ2) is 12.7. The summed E-state index contributed by atoms with van der Waals surface area (Å²) in [6.07, 6.45) is 2.41. The summed E-state index contributed by atoms with van der Waals surface area (Å²) in [6.45, 7) is 3.14. The van der Waals surface area contributed by atoms with Gasteiger partial charge in [0.1, 0.15) is 10.8 Å². The molecule has 12 nitrogen and oxygen atoms in total. The number of anilines is 1. The zero-order valence-corrected chi connectivity index (χ0v) is 21.3. The molecule has 0 saturated carbocycles. The molecule has 3 rings (SSSR count). The van der Waals surface area contributed by atoms with Crippen molar-refractivity contribution in [3.05, 3.63) is 65.5 Å². The Morgan fingerprint density at radius 1 is 1.14 bits per heavy atom. The number of likely N-dealkylation sites (N-methyl/N-ethyl adjacent to an activating group) is 2. The van der Waals surface area contributed by atoms with Crippen LogP contribution in [-0.2, 0) is 24.4 Å². The molecule has 0 radical (unpaired) electrons. The van der Waals surface area contributed by atoms with Crippen molar-refractivity contribution in [2.45, 2.75) is 17.7 Å². The van der Waals surface area contributed by atoms with Gasteiger partial charge < -0.3 is 20.4 Å². The number of carboxylic acid groups (broad SMARTS) is 2. The van der Waals surface area contributed by atoms with Crippen LogP contribution in [0.3, 0.4) is 0 Å². The molecule has 2 heterocycles. The molecule has 0 fully saturated rings. The summed E-state index contributed by atoms with van der Waals surface area (Å²) in [5, 5.41) is 27.5. The first-order valence-electron chi connectivity index (χ1n) is 11.0. The molecule has 0 saturated heterocycles. The molecule has 1 aliphatic heterocycles. The maximum absolute atomic E-state index is 12.9. The summed E-state index contributed by atoms with van der Waals surface area (Å²) in [5.74, 6) is -3.44. The van der Waals surface area contributed by atoms with Gasteiger partial charge in [0, 0.05) is 43.7 Å². The van der Waals surface area contributed by atoms with Crippen molar-refractivity contribution in [3.8, 4) is 6.07 Å². The van der Waals surface area contributed by atoms with Crippen molar-refractivity contribution in [1.29, 1.82) is 5.26 Å². The molecule has 1 atom stereocenters. The van der Waals surface area contributed by atoms with E-state index in [0.717, 1.165) is 0 Å². The van der Waals surface area contributed by atoms with Gasteiger partial charge in [-0.1, -0.05) is 6.92 Å². The van der Waals surface area contributed by atoms with Crippen LogP contribution in [-0.4, -0.2) is 84.4 Å². The number of hydrogen-bond acceptors (Lipinski definition) is 8. The summed E-state index contributed by atoms with van der Waals surface area (Å²) >= 11 is 0. The number of nitrogens with one attached hydrogen (secondary N) is 1. The van der Waals surface area contributed by atoms with Gasteiger partial charge in [0.05, 0.1) is 17.3 Å². The van der Waals surface area contributed by atoms with Crippen LogP contribution in [0, 0.1) is 11.3 Å². The van der Waals surface area contributed by atoms with Crippen molar-refractivity contribution in [1.82, 2.24) is 14.2 Å². The monoisotopic (exact) mass is 529 g/mol. The van der Waals surface area contributed by atoms with Crippen LogP contribution in [0.5, 0.6) is 0 Å². The first-order valence-corrected chi connectivity index (χ1v) is 12.4. The lowest BCUT2D eigenvalue weighted by molar-refractivity contribution is -0.134. The summed E-state index contributed by atoms with van der Waals surface area (Å²) in [5.41, 5.74) is 2.19. The lowest BCUT2D eigenvalue weighted by atomic mass is 9.95. The van der Waals surface area contributed by atoms with Crippen molar-refractivity contribution >= 4 is 33.6 Å². The van der Waals surface area contributed by atoms with Gasteiger partial charge in [0.2, 0.25) is 15.9 Å². The number of pyridine rings is 1. The van der Waals surface area contributed by atoms with Gasteiger partial charge in [-0.2, -0.15) is 9.57 Å². The zero-order chi connectivity index (χ0) is 27.8. The number of amides is 1. The van der Waals surface area contributed by atoms with Crippen LogP contribution < -0.4 is 5.32 Å². The molecule has 0 bridgehead atoms. The Balaban J connectivity index is 0.000000521. The van der Waals surface area contributed by atoms with Crippen LogP contribution in [0.25, 0.3) is 0 Å². The van der Waals surface area contributed by atoms with Crippen molar-refractivity contribution in [2.24, 2.45) is 0 Å². The number of aliphatic carboxylic acids is 2. The normalized spacial score (nSPS) is 14.6. The topological polar surface area (TPSA) is 181 Å². The Morgan fingerprint density at radius 3 is 2.27 bits per heavy atom. The Kier molecular flexibility index (Phi) is 10.0. The maximum Gasteiger partial charge on any atom is 0.328 e. The van der Waals surface area contributed by atoms with Crippen molar-refractivity contribution < 1.29 is 33.0 Å². The number of hydrogen-bond donors (Lipinski definition) is 3. The minimum Gasteiger partial charge on any atom is -0.478 e. The predicted octanol–water partition coefficient (Wildman–Crippen LogP) is 1.32. The third-order valence-electron chi connectivity index (χ3n) is 5.22. The molecule has 1 unspecified atom stereocenters. The SMILES string of the molecule is CCN(CCN(C)C)S(=O)(=O)c1ccc(C2C(=O)Nc3ccc(C#N)cc32)nc1.O=C(O)/C=C/C(=O)O. The second-order valence-electron chi connectivity index (χ2n) is 8.06. The minimum absolute atomic E-state index is 0.0891. The highest BCUT2D eigenvalue weighted by atomic mass is 32.2. The number of nitriles is 1. The van der Waals surface area contributed by atoms with E-state index in [1.165, 1.54) is 16.6 Å². The van der Waals surface area contributed by atoms with E-state index in [1.54, 1.807) is 31.2 Å². The van der Waals surface area contributed by atoms with E-state index < -0.39 is 27.9 Å². The van der Waals surface area contributed by atoms with Gasteiger partial charge in [-0.25, -0.2) is 18.0 Å². The van der Waals surface area contributed by atoms with Gasteiger partial charge in [0.25, 0.3) is 0 Å². The Morgan fingerprint density at radius 2 is 1.78 bits per heavy atom. The molecule has 196 valence electrons. The molecule has 1 amide bonds. The molecule has 0 aliphatic carbocycles. The highest BCUT2D eigenvalue weighted by Crippen LogP contribution is 2.37. The minimum atomic E-state index is -3.67. The fourth-order valence-electron chi connectivity index (χ4n) is 3.39. The quantitative estimate of drug-likeness (QED) is 0.401. The lowest BCUT2D eigenvalue weighted by Gasteiger charge is -2.22. The van der Waals surface area contributed by atoms with Gasteiger partial charge in [0.15, 0.2) is 0 Å². The van der Waals surface area contributed by atoms with Crippen LogP contribution in [0.4, 0.5) is 5.69 Å². The van der Waals surface area contributed by atoms with Gasteiger partial charge >= 0.3 is 11.9 Å². The fourth-order valence-corrected chi connectivity index (χ4v) is 4.78. The van der Waals surface area contributed by atoms with E-state index in [2.05, 4.69) is 16.4 Å². The largest absolute Gasteiger partial charge is 0.478 e. The van der Waals surface area contributed by atoms with E-state index in [9.17, 15) is 22.8 Å². The molecular formula is C24H27N5O7S. The first-order chi connectivity index (χ1) is 17.4. The number of carboxylic acids is 2. The van der Waals surface area contributed by atoms with Crippen LogP contribution >= 0.6 is 0 Å². The predicted molar refractivity (Wildman–Crippen MR) is 133 cm³/mol. The summed E-state index contributed by atoms with van der Waals surface area (Å²) in [4.78, 5) is 37.9. The number of sulfonamides is 1.